The van der Waals surface area contributed by atoms with Gasteiger partial charge in [0.05, 0.1) is 0 Å². The van der Waals surface area contributed by atoms with Gasteiger partial charge in [-0.2, -0.15) is 0 Å². The Hall–Kier alpha value is 8.51. The summed E-state index contributed by atoms with van der Waals surface area (Å²) >= 11 is 0. The van der Waals surface area contributed by atoms with Gasteiger partial charge in [0.25, 0.3) is 0 Å². The second-order valence-corrected chi connectivity index (χ2v) is 0. The molecule has 0 nitrogen and oxygen atoms in total. The van der Waals surface area contributed by atoms with Crippen LogP contribution in [0.25, 0.3) is 0 Å². The zero-order valence-corrected chi connectivity index (χ0v) is 25.4. The van der Waals surface area contributed by atoms with Gasteiger partial charge >= 0.3 is 0 Å². The van der Waals surface area contributed by atoms with Crippen LogP contribution in [0.1, 0.15) is 0 Å². The molecular formula is CoNa8. The quantitative estimate of drug-likeness (QED) is 0.396. The molecule has 0 saturated heterocycles. The largest absolute Gasteiger partial charge is 0 e. The summed E-state index contributed by atoms with van der Waals surface area (Å²) in [5, 5.41) is 0. The molecule has 0 unspecified atom stereocenters. The van der Waals surface area contributed by atoms with Gasteiger partial charge in [-0.1, -0.05) is 0 Å². The third-order valence-corrected chi connectivity index (χ3v) is 0. The Balaban J connectivity index is 0. The fourth-order valence-electron chi connectivity index (χ4n) is 0. The van der Waals surface area contributed by atoms with Crippen LogP contribution in [0.2, 0.25) is 0 Å². The summed E-state index contributed by atoms with van der Waals surface area (Å²) in [6.07, 6.45) is 0. The van der Waals surface area contributed by atoms with Crippen molar-refractivity contribution in [3.05, 3.63) is 0 Å². The van der Waals surface area contributed by atoms with E-state index in [1.165, 1.54) is 0 Å². The minimum atomic E-state index is 0. The van der Waals surface area contributed by atoms with Crippen LogP contribution in [0.5, 0.6) is 0 Å². The molecule has 17 valence electrons. The van der Waals surface area contributed by atoms with Crippen molar-refractivity contribution in [3.8, 4) is 0 Å². The topological polar surface area (TPSA) is 0 Å². The van der Waals surface area contributed by atoms with Crippen molar-refractivity contribution in [2.24, 2.45) is 0 Å². The molecule has 0 atom stereocenters. The van der Waals surface area contributed by atoms with Crippen molar-refractivity contribution in [1.82, 2.24) is 0 Å². The molecule has 9 radical (unpaired) electrons. The van der Waals surface area contributed by atoms with Crippen molar-refractivity contribution in [2.75, 3.05) is 0 Å². The average Bonchev–Trinajstić information content (AvgIpc) is 0. The van der Waals surface area contributed by atoms with Crippen molar-refractivity contribution < 1.29 is 16.8 Å². The van der Waals surface area contributed by atoms with Crippen LogP contribution < -0.4 is 0 Å². The van der Waals surface area contributed by atoms with E-state index in [0.717, 1.165) is 0 Å². The zero-order chi connectivity index (χ0) is 0. The Morgan fingerprint density at radius 2 is 0.222 bits per heavy atom. The molecule has 0 heterocycles. The zero-order valence-electron chi connectivity index (χ0n) is 8.33. The van der Waals surface area contributed by atoms with Gasteiger partial charge in [-0.25, -0.2) is 0 Å². The summed E-state index contributed by atoms with van der Waals surface area (Å²) < 4.78 is 0. The Morgan fingerprint density at radius 1 is 0.222 bits per heavy atom. The molecule has 0 spiro atoms. The Kier molecular flexibility index (Phi) is 402. The minimum Gasteiger partial charge on any atom is 0 e. The van der Waals surface area contributed by atoms with E-state index >= 15 is 0 Å². The van der Waals surface area contributed by atoms with Gasteiger partial charge < -0.3 is 0 Å². The molecular weight excluding hydrogens is 243 g/mol. The molecule has 0 aliphatic rings. The summed E-state index contributed by atoms with van der Waals surface area (Å²) in [4.78, 5) is 0. The molecule has 0 saturated carbocycles. The van der Waals surface area contributed by atoms with Crippen LogP contribution in [-0.2, 0) is 16.8 Å². The third kappa shape index (κ3) is 48.0. The Labute approximate surface area is 245 Å². The Bertz CT molecular complexity index is 4.53. The Morgan fingerprint density at radius 3 is 0.222 bits per heavy atom. The maximum absolute atomic E-state index is 0. The maximum atomic E-state index is 0. The van der Waals surface area contributed by atoms with Crippen LogP contribution in [-0.4, -0.2) is 236 Å². The second-order valence-electron chi connectivity index (χ2n) is 0. The number of rotatable bonds is 0. The van der Waals surface area contributed by atoms with E-state index < -0.39 is 0 Å². The molecule has 0 aromatic heterocycles. The normalized spacial score (nSPS) is 0. The first-order valence-electron chi connectivity index (χ1n) is 0. The fraction of sp³-hybridized carbons (Fsp3) is 0. The SMILES string of the molecule is [Co].[Na].[Na].[Na].[Na].[Na].[Na].[Na].[Na]. The predicted molar refractivity (Wildman–Crippen MR) is 46.0 cm³/mol. The first-order chi connectivity index (χ1) is 0. The summed E-state index contributed by atoms with van der Waals surface area (Å²) in [6, 6.07) is 0. The smallest absolute Gasteiger partial charge is 0 e. The van der Waals surface area contributed by atoms with E-state index in [9.17, 15) is 0 Å². The van der Waals surface area contributed by atoms with E-state index in [4.69, 9.17) is 0 Å². The summed E-state index contributed by atoms with van der Waals surface area (Å²) in [6.45, 7) is 0. The van der Waals surface area contributed by atoms with Gasteiger partial charge in [0.2, 0.25) is 0 Å². The molecule has 0 rings (SSSR count). The van der Waals surface area contributed by atoms with Crippen LogP contribution in [0, 0.1) is 0 Å². The first-order valence-corrected chi connectivity index (χ1v) is 0. The first kappa shape index (κ1) is 65.9. The molecule has 9 heteroatoms. The number of hydrogen-bond acceptors (Lipinski definition) is 0. The monoisotopic (exact) mass is 243 g/mol. The van der Waals surface area contributed by atoms with Gasteiger partial charge in [-0.15, -0.1) is 0 Å². The van der Waals surface area contributed by atoms with Gasteiger partial charge in [-0.3, -0.25) is 0 Å². The van der Waals surface area contributed by atoms with E-state index in [1.54, 1.807) is 0 Å². The second kappa shape index (κ2) is 54.9. The van der Waals surface area contributed by atoms with Crippen LogP contribution in [0.4, 0.5) is 0 Å². The van der Waals surface area contributed by atoms with Crippen LogP contribution >= 0.6 is 0 Å². The van der Waals surface area contributed by atoms with Gasteiger partial charge in [0.15, 0.2) is 0 Å². The molecule has 0 bridgehead atoms. The van der Waals surface area contributed by atoms with E-state index in [2.05, 4.69) is 0 Å². The molecule has 0 aliphatic heterocycles. The summed E-state index contributed by atoms with van der Waals surface area (Å²) in [5.41, 5.74) is 0. The summed E-state index contributed by atoms with van der Waals surface area (Å²) in [7, 11) is 0. The molecule has 0 aromatic carbocycles. The van der Waals surface area contributed by atoms with Gasteiger partial charge in [-0.05, 0) is 0 Å². The molecule has 0 N–H and O–H groups in total. The summed E-state index contributed by atoms with van der Waals surface area (Å²) in [5.74, 6) is 0. The van der Waals surface area contributed by atoms with Crippen molar-refractivity contribution in [2.45, 2.75) is 0 Å². The van der Waals surface area contributed by atoms with Crippen molar-refractivity contribution in [1.29, 1.82) is 0 Å². The van der Waals surface area contributed by atoms with Crippen LogP contribution in [0.15, 0.2) is 0 Å². The third-order valence-electron chi connectivity index (χ3n) is 0. The number of hydrogen-bond donors (Lipinski definition) is 0. The molecule has 0 fully saturated rings. The van der Waals surface area contributed by atoms with Gasteiger partial charge in [0.1, 0.15) is 0 Å². The van der Waals surface area contributed by atoms with Crippen molar-refractivity contribution in [3.63, 3.8) is 0 Å². The minimum absolute atomic E-state index is 0. The van der Waals surface area contributed by atoms with Crippen LogP contribution in [0.3, 0.4) is 0 Å². The molecule has 9 heavy (non-hydrogen) atoms. The van der Waals surface area contributed by atoms with E-state index in [-0.39, 0.29) is 253 Å². The molecule has 0 aromatic rings. The standard InChI is InChI=1S/Co.8Na. The molecule has 0 aliphatic carbocycles. The van der Waals surface area contributed by atoms with Crippen molar-refractivity contribution >= 4 is 236 Å². The van der Waals surface area contributed by atoms with E-state index in [0.29, 0.717) is 0 Å². The van der Waals surface area contributed by atoms with Gasteiger partial charge in [0, 0.05) is 253 Å². The van der Waals surface area contributed by atoms with E-state index in [1.807, 2.05) is 0 Å². The average molecular weight is 243 g/mol. The predicted octanol–water partition coefficient (Wildman–Crippen LogP) is -3.05. The fourth-order valence-corrected chi connectivity index (χ4v) is 0. The molecule has 0 amide bonds. The maximum Gasteiger partial charge on any atom is 0 e.